The van der Waals surface area contributed by atoms with Crippen LogP contribution in [-0.4, -0.2) is 36.4 Å². The molecular weight excluding hydrogens is 242 g/mol. The predicted octanol–water partition coefficient (Wildman–Crippen LogP) is 1.68. The van der Waals surface area contributed by atoms with Crippen molar-refractivity contribution in [2.45, 2.75) is 19.3 Å². The van der Waals surface area contributed by atoms with E-state index in [1.54, 1.807) is 19.2 Å². The molecule has 6 heteroatoms. The zero-order valence-electron chi connectivity index (χ0n) is 9.78. The maximum atomic E-state index is 11.6. The average Bonchev–Trinajstić information content (AvgIpc) is 2.34. The van der Waals surface area contributed by atoms with E-state index >= 15 is 0 Å². The van der Waals surface area contributed by atoms with E-state index in [0.717, 1.165) is 25.9 Å². The zero-order chi connectivity index (χ0) is 12.5. The van der Waals surface area contributed by atoms with Crippen molar-refractivity contribution >= 4 is 17.5 Å². The minimum absolute atomic E-state index is 0.221. The molecule has 0 spiro atoms. The third kappa shape index (κ3) is 5.60. The number of aromatic nitrogens is 2. The SMILES string of the molecule is COCCCCCNC(=O)c1ccc(Cl)nn1. The topological polar surface area (TPSA) is 64.1 Å². The number of halogens is 1. The van der Waals surface area contributed by atoms with Crippen molar-refractivity contribution in [3.63, 3.8) is 0 Å². The number of carbonyl (C=O) groups is 1. The van der Waals surface area contributed by atoms with Gasteiger partial charge in [0.25, 0.3) is 5.91 Å². The molecule has 0 aliphatic heterocycles. The van der Waals surface area contributed by atoms with Crippen molar-refractivity contribution in [3.8, 4) is 0 Å². The minimum Gasteiger partial charge on any atom is -0.385 e. The number of hydrogen-bond donors (Lipinski definition) is 1. The van der Waals surface area contributed by atoms with Crippen LogP contribution in [0.25, 0.3) is 0 Å². The molecule has 0 saturated carbocycles. The first-order valence-electron chi connectivity index (χ1n) is 5.50. The number of nitrogens with zero attached hydrogens (tertiary/aromatic N) is 2. The fourth-order valence-electron chi connectivity index (χ4n) is 1.28. The Hall–Kier alpha value is -1.20. The van der Waals surface area contributed by atoms with Crippen molar-refractivity contribution in [2.24, 2.45) is 0 Å². The molecule has 17 heavy (non-hydrogen) atoms. The van der Waals surface area contributed by atoms with Gasteiger partial charge in [0.1, 0.15) is 0 Å². The van der Waals surface area contributed by atoms with Crippen LogP contribution in [0.1, 0.15) is 29.8 Å². The average molecular weight is 258 g/mol. The Bertz CT molecular complexity index is 343. The summed E-state index contributed by atoms with van der Waals surface area (Å²) < 4.78 is 4.93. The Kier molecular flexibility index (Phi) is 6.50. The van der Waals surface area contributed by atoms with Crippen molar-refractivity contribution < 1.29 is 9.53 Å². The van der Waals surface area contributed by atoms with E-state index in [0.29, 0.717) is 6.54 Å². The maximum Gasteiger partial charge on any atom is 0.271 e. The number of ether oxygens (including phenoxy) is 1. The third-order valence-electron chi connectivity index (χ3n) is 2.18. The van der Waals surface area contributed by atoms with Gasteiger partial charge in [0.15, 0.2) is 10.8 Å². The van der Waals surface area contributed by atoms with Gasteiger partial charge in [0.05, 0.1) is 0 Å². The van der Waals surface area contributed by atoms with Crippen LogP contribution in [0.4, 0.5) is 0 Å². The molecule has 1 rings (SSSR count). The highest BCUT2D eigenvalue weighted by Crippen LogP contribution is 2.02. The first-order valence-corrected chi connectivity index (χ1v) is 5.88. The molecule has 0 aliphatic rings. The molecule has 0 atom stereocenters. The van der Waals surface area contributed by atoms with Gasteiger partial charge < -0.3 is 10.1 Å². The van der Waals surface area contributed by atoms with E-state index in [9.17, 15) is 4.79 Å². The molecular formula is C11H16ClN3O2. The Morgan fingerprint density at radius 3 is 2.82 bits per heavy atom. The molecule has 1 N–H and O–H groups in total. The first-order chi connectivity index (χ1) is 8.24. The molecule has 0 saturated heterocycles. The van der Waals surface area contributed by atoms with Crippen molar-refractivity contribution in [3.05, 3.63) is 23.0 Å². The Balaban J connectivity index is 2.19. The summed E-state index contributed by atoms with van der Waals surface area (Å²) in [5, 5.41) is 10.3. The van der Waals surface area contributed by atoms with Crippen molar-refractivity contribution in [1.29, 1.82) is 0 Å². The van der Waals surface area contributed by atoms with E-state index in [1.165, 1.54) is 0 Å². The number of methoxy groups -OCH3 is 1. The van der Waals surface area contributed by atoms with Crippen LogP contribution in [0.15, 0.2) is 12.1 Å². The van der Waals surface area contributed by atoms with Crippen LogP contribution in [0.2, 0.25) is 5.15 Å². The second-order valence-electron chi connectivity index (χ2n) is 3.55. The zero-order valence-corrected chi connectivity index (χ0v) is 10.5. The fraction of sp³-hybridized carbons (Fsp3) is 0.545. The molecule has 1 aromatic rings. The quantitative estimate of drug-likeness (QED) is 0.755. The Morgan fingerprint density at radius 2 is 2.18 bits per heavy atom. The lowest BCUT2D eigenvalue weighted by atomic mass is 10.2. The van der Waals surface area contributed by atoms with Gasteiger partial charge in [-0.15, -0.1) is 10.2 Å². The highest BCUT2D eigenvalue weighted by molar-refractivity contribution is 6.29. The van der Waals surface area contributed by atoms with Crippen LogP contribution >= 0.6 is 11.6 Å². The number of rotatable bonds is 7. The molecule has 0 bridgehead atoms. The molecule has 1 amide bonds. The van der Waals surface area contributed by atoms with Gasteiger partial charge in [-0.25, -0.2) is 0 Å². The van der Waals surface area contributed by atoms with E-state index in [1.807, 2.05) is 0 Å². The molecule has 5 nitrogen and oxygen atoms in total. The van der Waals surface area contributed by atoms with Crippen LogP contribution in [0.3, 0.4) is 0 Å². The maximum absolute atomic E-state index is 11.6. The summed E-state index contributed by atoms with van der Waals surface area (Å²) in [5.74, 6) is -0.221. The number of carbonyl (C=O) groups excluding carboxylic acids is 1. The first kappa shape index (κ1) is 13.9. The molecule has 0 aliphatic carbocycles. The Labute approximate surface area is 106 Å². The van der Waals surface area contributed by atoms with E-state index < -0.39 is 0 Å². The highest BCUT2D eigenvalue weighted by Gasteiger charge is 2.06. The number of hydrogen-bond acceptors (Lipinski definition) is 4. The van der Waals surface area contributed by atoms with Crippen LogP contribution in [-0.2, 0) is 4.74 Å². The molecule has 0 fully saturated rings. The van der Waals surface area contributed by atoms with Crippen LogP contribution < -0.4 is 5.32 Å². The summed E-state index contributed by atoms with van der Waals surface area (Å²) in [5.41, 5.74) is 0.284. The number of nitrogens with one attached hydrogen (secondary N) is 1. The summed E-state index contributed by atoms with van der Waals surface area (Å²) in [6, 6.07) is 3.09. The molecule has 0 aromatic carbocycles. The molecule has 0 unspecified atom stereocenters. The van der Waals surface area contributed by atoms with Gasteiger partial charge in [0, 0.05) is 20.3 Å². The van der Waals surface area contributed by atoms with E-state index in [4.69, 9.17) is 16.3 Å². The fourth-order valence-corrected chi connectivity index (χ4v) is 1.38. The van der Waals surface area contributed by atoms with Crippen molar-refractivity contribution in [2.75, 3.05) is 20.3 Å². The van der Waals surface area contributed by atoms with Gasteiger partial charge >= 0.3 is 0 Å². The number of amides is 1. The summed E-state index contributed by atoms with van der Waals surface area (Å²) in [7, 11) is 1.68. The van der Waals surface area contributed by atoms with Gasteiger partial charge in [-0.3, -0.25) is 4.79 Å². The molecule has 0 radical (unpaired) electrons. The largest absolute Gasteiger partial charge is 0.385 e. The highest BCUT2D eigenvalue weighted by atomic mass is 35.5. The number of unbranched alkanes of at least 4 members (excludes halogenated alkanes) is 2. The lowest BCUT2D eigenvalue weighted by molar-refractivity contribution is 0.0946. The van der Waals surface area contributed by atoms with E-state index in [2.05, 4.69) is 15.5 Å². The summed E-state index contributed by atoms with van der Waals surface area (Å²) in [6.07, 6.45) is 2.96. The van der Waals surface area contributed by atoms with Gasteiger partial charge in [0.2, 0.25) is 0 Å². The molecule has 94 valence electrons. The van der Waals surface area contributed by atoms with Crippen LogP contribution in [0.5, 0.6) is 0 Å². The lowest BCUT2D eigenvalue weighted by Crippen LogP contribution is -2.25. The Morgan fingerprint density at radius 1 is 1.35 bits per heavy atom. The standard InChI is InChI=1S/C11H16ClN3O2/c1-17-8-4-2-3-7-13-11(16)9-5-6-10(12)15-14-9/h5-6H,2-4,7-8H2,1H3,(H,13,16). The molecule has 1 aromatic heterocycles. The monoisotopic (exact) mass is 257 g/mol. The summed E-state index contributed by atoms with van der Waals surface area (Å²) in [6.45, 7) is 1.39. The smallest absolute Gasteiger partial charge is 0.271 e. The van der Waals surface area contributed by atoms with Gasteiger partial charge in [-0.1, -0.05) is 11.6 Å². The summed E-state index contributed by atoms with van der Waals surface area (Å²) in [4.78, 5) is 11.6. The van der Waals surface area contributed by atoms with Crippen molar-refractivity contribution in [1.82, 2.24) is 15.5 Å². The van der Waals surface area contributed by atoms with Crippen LogP contribution in [0, 0.1) is 0 Å². The third-order valence-corrected chi connectivity index (χ3v) is 2.38. The van der Waals surface area contributed by atoms with E-state index in [-0.39, 0.29) is 16.8 Å². The second-order valence-corrected chi connectivity index (χ2v) is 3.94. The molecule has 1 heterocycles. The second kappa shape index (κ2) is 7.97. The summed E-state index contributed by atoms with van der Waals surface area (Å²) >= 11 is 5.57. The van der Waals surface area contributed by atoms with Gasteiger partial charge in [-0.05, 0) is 31.4 Å². The van der Waals surface area contributed by atoms with Gasteiger partial charge in [-0.2, -0.15) is 0 Å². The minimum atomic E-state index is -0.221. The predicted molar refractivity (Wildman–Crippen MR) is 65.1 cm³/mol. The normalized spacial score (nSPS) is 10.2. The lowest BCUT2D eigenvalue weighted by Gasteiger charge is -2.04.